The predicted molar refractivity (Wildman–Crippen MR) is 103 cm³/mol. The summed E-state index contributed by atoms with van der Waals surface area (Å²) in [5.41, 5.74) is 0.186. The molecule has 0 aliphatic carbocycles. The Morgan fingerprint density at radius 2 is 1.68 bits per heavy atom. The molecule has 3 rings (SSSR count). The minimum Gasteiger partial charge on any atom is -0.335 e. The number of benzene rings is 2. The molecular formula is C20H24F3N3OS+2. The summed E-state index contributed by atoms with van der Waals surface area (Å²) in [6.45, 7) is 1.91. The first kappa shape index (κ1) is 20.7. The quantitative estimate of drug-likeness (QED) is 0.781. The number of halogens is 3. The van der Waals surface area contributed by atoms with Gasteiger partial charge in [0.2, 0.25) is 0 Å². The van der Waals surface area contributed by atoms with Gasteiger partial charge in [-0.25, -0.2) is 0 Å². The minimum absolute atomic E-state index is 0.209. The smallest absolute Gasteiger partial charge is 0.335 e. The van der Waals surface area contributed by atoms with Gasteiger partial charge in [0.05, 0.1) is 38.1 Å². The molecule has 0 spiro atoms. The molecule has 2 aromatic carbocycles. The zero-order valence-corrected chi connectivity index (χ0v) is 16.9. The van der Waals surface area contributed by atoms with E-state index in [-0.39, 0.29) is 12.5 Å². The molecule has 1 amide bonds. The summed E-state index contributed by atoms with van der Waals surface area (Å²) in [4.78, 5) is 18.4. The number of rotatable bonds is 5. The summed E-state index contributed by atoms with van der Waals surface area (Å²) >= 11 is 1.38. The maximum Gasteiger partial charge on any atom is 0.416 e. The highest BCUT2D eigenvalue weighted by atomic mass is 32.2. The number of quaternary nitrogens is 2. The first-order valence-corrected chi connectivity index (χ1v) is 9.90. The van der Waals surface area contributed by atoms with E-state index >= 15 is 0 Å². The van der Waals surface area contributed by atoms with Crippen molar-refractivity contribution >= 4 is 29.0 Å². The average molecular weight is 411 g/mol. The Labute approximate surface area is 166 Å². The van der Waals surface area contributed by atoms with Crippen LogP contribution in [0, 0.1) is 0 Å². The number of alkyl halides is 3. The van der Waals surface area contributed by atoms with Crippen LogP contribution in [-0.2, 0) is 11.0 Å². The zero-order valence-electron chi connectivity index (χ0n) is 16.1. The van der Waals surface area contributed by atoms with E-state index in [9.17, 15) is 18.0 Å². The number of anilines is 2. The number of hydrogen-bond acceptors (Lipinski definition) is 2. The molecule has 1 aliphatic heterocycles. The predicted octanol–water partition coefficient (Wildman–Crippen LogP) is 1.49. The molecule has 0 saturated heterocycles. The van der Waals surface area contributed by atoms with Gasteiger partial charge in [0, 0.05) is 9.79 Å². The molecule has 1 heterocycles. The summed E-state index contributed by atoms with van der Waals surface area (Å²) in [6.07, 6.45) is -4.46. The van der Waals surface area contributed by atoms with E-state index in [4.69, 9.17) is 0 Å². The zero-order chi connectivity index (χ0) is 20.5. The van der Waals surface area contributed by atoms with E-state index in [0.29, 0.717) is 16.3 Å². The lowest BCUT2D eigenvalue weighted by molar-refractivity contribution is -0.925. The molecule has 0 aromatic heterocycles. The molecule has 8 heteroatoms. The minimum atomic E-state index is -4.46. The number of carbonyl (C=O) groups excluding carboxylic acids is 1. The number of likely N-dealkylation sites (N-methyl/N-ethyl adjacent to an activating group) is 2. The standard InChI is InChI=1S/C20H22F3N3OS/c1-24(2)10-11-25(3)13-19(27)26-15-6-4-5-7-17(15)28-18-9-8-14(12-16(18)26)20(21,22)23/h4-9,12H,10-11,13H2,1-3H3/p+2. The maximum absolute atomic E-state index is 13.3. The van der Waals surface area contributed by atoms with E-state index in [1.807, 2.05) is 33.3 Å². The number of fused-ring (bicyclic) bond motifs is 2. The van der Waals surface area contributed by atoms with Crippen LogP contribution in [0.3, 0.4) is 0 Å². The molecule has 0 saturated carbocycles. The Morgan fingerprint density at radius 1 is 1.00 bits per heavy atom. The molecule has 0 radical (unpaired) electrons. The molecule has 2 N–H and O–H groups in total. The Hall–Kier alpha value is -2.03. The topological polar surface area (TPSA) is 29.2 Å². The molecule has 1 aliphatic rings. The van der Waals surface area contributed by atoms with Gasteiger partial charge in [-0.1, -0.05) is 23.9 Å². The van der Waals surface area contributed by atoms with Crippen LogP contribution in [0.4, 0.5) is 24.5 Å². The van der Waals surface area contributed by atoms with Gasteiger partial charge < -0.3 is 9.80 Å². The second-order valence-corrected chi connectivity index (χ2v) is 8.40. The lowest BCUT2D eigenvalue weighted by Gasteiger charge is -2.32. The van der Waals surface area contributed by atoms with Crippen molar-refractivity contribution in [1.29, 1.82) is 0 Å². The molecule has 2 aromatic rings. The van der Waals surface area contributed by atoms with Crippen LogP contribution in [0.15, 0.2) is 52.3 Å². The lowest BCUT2D eigenvalue weighted by atomic mass is 10.1. The van der Waals surface area contributed by atoms with E-state index in [0.717, 1.165) is 35.0 Å². The summed E-state index contributed by atoms with van der Waals surface area (Å²) in [6, 6.07) is 10.9. The normalized spacial score (nSPS) is 14.6. The van der Waals surface area contributed by atoms with Crippen molar-refractivity contribution in [3.8, 4) is 0 Å². The number of amides is 1. The molecule has 150 valence electrons. The van der Waals surface area contributed by atoms with Crippen molar-refractivity contribution in [3.63, 3.8) is 0 Å². The molecule has 0 fully saturated rings. The van der Waals surface area contributed by atoms with Gasteiger partial charge in [0.25, 0.3) is 5.91 Å². The molecule has 4 nitrogen and oxygen atoms in total. The Morgan fingerprint density at radius 3 is 2.36 bits per heavy atom. The van der Waals surface area contributed by atoms with Crippen molar-refractivity contribution in [2.45, 2.75) is 16.0 Å². The van der Waals surface area contributed by atoms with Gasteiger partial charge >= 0.3 is 6.18 Å². The highest BCUT2D eigenvalue weighted by Crippen LogP contribution is 2.49. The third kappa shape index (κ3) is 4.51. The van der Waals surface area contributed by atoms with Gasteiger partial charge in [0.15, 0.2) is 6.54 Å². The SMILES string of the molecule is C[NH+](C)CC[NH+](C)CC(=O)N1c2ccccc2Sc2ccc(C(F)(F)F)cc21. The van der Waals surface area contributed by atoms with Gasteiger partial charge in [0.1, 0.15) is 13.1 Å². The number of nitrogens with one attached hydrogen (secondary N) is 2. The first-order valence-electron chi connectivity index (χ1n) is 9.08. The van der Waals surface area contributed by atoms with Crippen LogP contribution in [0.25, 0.3) is 0 Å². The fraction of sp³-hybridized carbons (Fsp3) is 0.350. The van der Waals surface area contributed by atoms with Crippen LogP contribution in [0.5, 0.6) is 0 Å². The molecule has 28 heavy (non-hydrogen) atoms. The molecule has 1 unspecified atom stereocenters. The number of para-hydroxylation sites is 1. The molecule has 0 bridgehead atoms. The van der Waals surface area contributed by atoms with Crippen molar-refractivity contribution in [2.75, 3.05) is 45.7 Å². The van der Waals surface area contributed by atoms with Crippen LogP contribution in [-0.4, -0.2) is 46.7 Å². The van der Waals surface area contributed by atoms with Crippen molar-refractivity contribution in [3.05, 3.63) is 48.0 Å². The van der Waals surface area contributed by atoms with Gasteiger partial charge in [-0.3, -0.25) is 9.69 Å². The largest absolute Gasteiger partial charge is 0.416 e. The summed E-state index contributed by atoms with van der Waals surface area (Å²) < 4.78 is 39.8. The number of hydrogen-bond donors (Lipinski definition) is 2. The van der Waals surface area contributed by atoms with Crippen molar-refractivity contribution < 1.29 is 27.8 Å². The lowest BCUT2D eigenvalue weighted by Crippen LogP contribution is -3.17. The van der Waals surface area contributed by atoms with Crippen molar-refractivity contribution in [2.24, 2.45) is 0 Å². The Bertz CT molecular complexity index is 870. The van der Waals surface area contributed by atoms with Crippen LogP contribution >= 0.6 is 11.8 Å². The summed E-state index contributed by atoms with van der Waals surface area (Å²) in [5, 5.41) is 0. The van der Waals surface area contributed by atoms with E-state index in [1.54, 1.807) is 12.1 Å². The summed E-state index contributed by atoms with van der Waals surface area (Å²) in [5.74, 6) is -0.209. The number of nitrogens with zero attached hydrogens (tertiary/aromatic N) is 1. The van der Waals surface area contributed by atoms with Gasteiger partial charge in [-0.05, 0) is 30.3 Å². The number of carbonyl (C=O) groups is 1. The monoisotopic (exact) mass is 411 g/mol. The highest BCUT2D eigenvalue weighted by molar-refractivity contribution is 7.99. The van der Waals surface area contributed by atoms with Crippen LogP contribution < -0.4 is 14.7 Å². The van der Waals surface area contributed by atoms with Gasteiger partial charge in [-0.15, -0.1) is 0 Å². The van der Waals surface area contributed by atoms with E-state index in [1.165, 1.54) is 27.6 Å². The second kappa shape index (κ2) is 8.14. The summed E-state index contributed by atoms with van der Waals surface area (Å²) in [7, 11) is 6.02. The second-order valence-electron chi connectivity index (χ2n) is 7.32. The van der Waals surface area contributed by atoms with Gasteiger partial charge in [-0.2, -0.15) is 13.2 Å². The van der Waals surface area contributed by atoms with Crippen molar-refractivity contribution in [1.82, 2.24) is 0 Å². The van der Waals surface area contributed by atoms with E-state index < -0.39 is 11.7 Å². The third-order valence-electron chi connectivity index (χ3n) is 4.61. The average Bonchev–Trinajstić information content (AvgIpc) is 2.63. The maximum atomic E-state index is 13.3. The fourth-order valence-electron chi connectivity index (χ4n) is 3.09. The van der Waals surface area contributed by atoms with Crippen LogP contribution in [0.1, 0.15) is 5.56 Å². The first-order chi connectivity index (χ1) is 13.2. The van der Waals surface area contributed by atoms with Crippen LogP contribution in [0.2, 0.25) is 0 Å². The Kier molecular flexibility index (Phi) is 6.02. The third-order valence-corrected chi connectivity index (χ3v) is 5.74. The highest BCUT2D eigenvalue weighted by Gasteiger charge is 2.35. The Balaban J connectivity index is 1.96. The molecule has 1 atom stereocenters. The fourth-order valence-corrected chi connectivity index (χ4v) is 4.13. The molecular weight excluding hydrogens is 387 g/mol. The van der Waals surface area contributed by atoms with E-state index in [2.05, 4.69) is 0 Å².